The number of ether oxygens (including phenoxy) is 2. The van der Waals surface area contributed by atoms with Gasteiger partial charge in [-0.2, -0.15) is 13.2 Å². The molecule has 0 aromatic heterocycles. The number of amides is 1. The summed E-state index contributed by atoms with van der Waals surface area (Å²) in [6.07, 6.45) is -4.55. The second-order valence-corrected chi connectivity index (χ2v) is 6.40. The number of hydrogen-bond donors (Lipinski definition) is 1. The molecule has 0 fully saturated rings. The lowest BCUT2D eigenvalue weighted by molar-refractivity contribution is -0.137. The lowest BCUT2D eigenvalue weighted by Gasteiger charge is -2.18. The molecule has 2 aromatic rings. The van der Waals surface area contributed by atoms with Gasteiger partial charge < -0.3 is 14.8 Å². The van der Waals surface area contributed by atoms with Gasteiger partial charge in [0, 0.05) is 13.7 Å². The molecule has 1 N–H and O–H groups in total. The Morgan fingerprint density at radius 3 is 2.41 bits per heavy atom. The minimum atomic E-state index is -4.55. The molecule has 2 rings (SSSR count). The molecule has 0 aliphatic rings. The third-order valence-electron chi connectivity index (χ3n) is 3.91. The zero-order chi connectivity index (χ0) is 21.4. The Hall–Kier alpha value is -2.65. The lowest BCUT2D eigenvalue weighted by atomic mass is 10.1. The number of alkyl halides is 3. The number of benzene rings is 2. The second-order valence-electron chi connectivity index (χ2n) is 6.40. The number of carbonyl (C=O) groups is 1. The SMILES string of the molecule is COCCOc1ccc(C(F)(F)F)cc1NC(=O)CN(C)Cc1ccc(F)cc1. The van der Waals surface area contributed by atoms with Gasteiger partial charge in [-0.25, -0.2) is 4.39 Å². The molecule has 0 spiro atoms. The van der Waals surface area contributed by atoms with Crippen molar-refractivity contribution in [2.24, 2.45) is 0 Å². The Labute approximate surface area is 166 Å². The third kappa shape index (κ3) is 7.35. The van der Waals surface area contributed by atoms with Crippen LogP contribution in [0.3, 0.4) is 0 Å². The fourth-order valence-electron chi connectivity index (χ4n) is 2.56. The van der Waals surface area contributed by atoms with Gasteiger partial charge in [0.05, 0.1) is 24.4 Å². The van der Waals surface area contributed by atoms with Crippen LogP contribution >= 0.6 is 0 Å². The number of hydrogen-bond acceptors (Lipinski definition) is 4. The molecule has 0 radical (unpaired) electrons. The Kier molecular flexibility index (Phi) is 7.98. The van der Waals surface area contributed by atoms with Crippen LogP contribution in [0.25, 0.3) is 0 Å². The summed E-state index contributed by atoms with van der Waals surface area (Å²) in [6, 6.07) is 8.70. The van der Waals surface area contributed by atoms with E-state index >= 15 is 0 Å². The van der Waals surface area contributed by atoms with Crippen molar-refractivity contribution in [2.75, 3.05) is 39.2 Å². The first-order valence-corrected chi connectivity index (χ1v) is 8.75. The summed E-state index contributed by atoms with van der Waals surface area (Å²) in [7, 11) is 3.14. The van der Waals surface area contributed by atoms with Crippen molar-refractivity contribution in [3.63, 3.8) is 0 Å². The molecule has 0 unspecified atom stereocenters. The predicted octanol–water partition coefficient (Wildman–Crippen LogP) is 3.94. The number of likely N-dealkylation sites (N-methyl/N-ethyl adjacent to an activating group) is 1. The maximum absolute atomic E-state index is 13.0. The summed E-state index contributed by atoms with van der Waals surface area (Å²) in [5.74, 6) is -0.755. The van der Waals surface area contributed by atoms with Crippen molar-refractivity contribution in [3.8, 4) is 5.75 Å². The quantitative estimate of drug-likeness (QED) is 0.499. The van der Waals surface area contributed by atoms with E-state index in [0.29, 0.717) is 6.54 Å². The number of carbonyl (C=O) groups excluding carboxylic acids is 1. The molecule has 0 aliphatic carbocycles. The van der Waals surface area contributed by atoms with Gasteiger partial charge in [0.25, 0.3) is 0 Å². The van der Waals surface area contributed by atoms with Gasteiger partial charge in [0.1, 0.15) is 18.2 Å². The summed E-state index contributed by atoms with van der Waals surface area (Å²) in [5.41, 5.74) is -0.174. The Morgan fingerprint density at radius 1 is 1.10 bits per heavy atom. The van der Waals surface area contributed by atoms with Crippen molar-refractivity contribution in [3.05, 3.63) is 59.4 Å². The van der Waals surface area contributed by atoms with E-state index in [1.807, 2.05) is 0 Å². The van der Waals surface area contributed by atoms with Crippen LogP contribution in [0.2, 0.25) is 0 Å². The largest absolute Gasteiger partial charge is 0.489 e. The van der Waals surface area contributed by atoms with Gasteiger partial charge in [-0.05, 0) is 42.9 Å². The highest BCUT2D eigenvalue weighted by Crippen LogP contribution is 2.35. The molecule has 0 aliphatic heterocycles. The zero-order valence-corrected chi connectivity index (χ0v) is 16.1. The molecule has 0 heterocycles. The van der Waals surface area contributed by atoms with E-state index in [9.17, 15) is 22.4 Å². The molecule has 158 valence electrons. The number of anilines is 1. The molecule has 2 aromatic carbocycles. The van der Waals surface area contributed by atoms with Crippen molar-refractivity contribution in [1.29, 1.82) is 0 Å². The summed E-state index contributed by atoms with van der Waals surface area (Å²) in [6.45, 7) is 0.655. The topological polar surface area (TPSA) is 50.8 Å². The van der Waals surface area contributed by atoms with Crippen molar-refractivity contribution in [1.82, 2.24) is 4.90 Å². The van der Waals surface area contributed by atoms with E-state index in [1.54, 1.807) is 24.1 Å². The van der Waals surface area contributed by atoms with E-state index < -0.39 is 17.6 Å². The molecular formula is C20H22F4N2O3. The first-order chi connectivity index (χ1) is 13.7. The van der Waals surface area contributed by atoms with E-state index in [1.165, 1.54) is 19.2 Å². The fraction of sp³-hybridized carbons (Fsp3) is 0.350. The van der Waals surface area contributed by atoms with Crippen LogP contribution in [0.15, 0.2) is 42.5 Å². The zero-order valence-electron chi connectivity index (χ0n) is 16.1. The molecule has 0 bridgehead atoms. The van der Waals surface area contributed by atoms with Gasteiger partial charge in [-0.3, -0.25) is 9.69 Å². The Bertz CT molecular complexity index is 810. The number of halogens is 4. The number of nitrogens with one attached hydrogen (secondary N) is 1. The van der Waals surface area contributed by atoms with Crippen LogP contribution in [-0.2, 0) is 22.3 Å². The highest BCUT2D eigenvalue weighted by Gasteiger charge is 2.31. The average Bonchev–Trinajstić information content (AvgIpc) is 2.64. The molecule has 9 heteroatoms. The van der Waals surface area contributed by atoms with Crippen molar-refractivity contribution >= 4 is 11.6 Å². The van der Waals surface area contributed by atoms with Gasteiger partial charge in [0.15, 0.2) is 0 Å². The van der Waals surface area contributed by atoms with Gasteiger partial charge in [-0.15, -0.1) is 0 Å². The molecule has 5 nitrogen and oxygen atoms in total. The molecular weight excluding hydrogens is 392 g/mol. The van der Waals surface area contributed by atoms with Crippen molar-refractivity contribution in [2.45, 2.75) is 12.7 Å². The molecule has 0 atom stereocenters. The lowest BCUT2D eigenvalue weighted by Crippen LogP contribution is -2.30. The predicted molar refractivity (Wildman–Crippen MR) is 100 cm³/mol. The first kappa shape index (κ1) is 22.6. The first-order valence-electron chi connectivity index (χ1n) is 8.75. The minimum absolute atomic E-state index is 0.0730. The van der Waals surface area contributed by atoms with Gasteiger partial charge >= 0.3 is 6.18 Å². The third-order valence-corrected chi connectivity index (χ3v) is 3.91. The molecule has 0 saturated heterocycles. The normalized spacial score (nSPS) is 11.6. The number of rotatable bonds is 9. The summed E-state index contributed by atoms with van der Waals surface area (Å²) < 4.78 is 62.3. The van der Waals surface area contributed by atoms with Crippen molar-refractivity contribution < 1.29 is 31.8 Å². The van der Waals surface area contributed by atoms with Crippen LogP contribution in [0, 0.1) is 5.82 Å². The molecule has 0 saturated carbocycles. The number of nitrogens with zero attached hydrogens (tertiary/aromatic N) is 1. The minimum Gasteiger partial charge on any atom is -0.489 e. The van der Waals surface area contributed by atoms with Gasteiger partial charge in [0.2, 0.25) is 5.91 Å². The Morgan fingerprint density at radius 2 is 1.79 bits per heavy atom. The summed E-state index contributed by atoms with van der Waals surface area (Å²) in [4.78, 5) is 14.0. The molecule has 1 amide bonds. The van der Waals surface area contributed by atoms with Crippen LogP contribution in [0.5, 0.6) is 5.75 Å². The molecule has 29 heavy (non-hydrogen) atoms. The number of methoxy groups -OCH3 is 1. The highest BCUT2D eigenvalue weighted by atomic mass is 19.4. The van der Waals surface area contributed by atoms with E-state index in [-0.39, 0.29) is 37.0 Å². The summed E-state index contributed by atoms with van der Waals surface area (Å²) in [5, 5.41) is 2.47. The average molecular weight is 414 g/mol. The van der Waals surface area contributed by atoms with Crippen LogP contribution in [-0.4, -0.2) is 44.7 Å². The monoisotopic (exact) mass is 414 g/mol. The van der Waals surface area contributed by atoms with Crippen LogP contribution in [0.4, 0.5) is 23.2 Å². The highest BCUT2D eigenvalue weighted by molar-refractivity contribution is 5.93. The maximum Gasteiger partial charge on any atom is 0.416 e. The van der Waals surface area contributed by atoms with E-state index in [4.69, 9.17) is 9.47 Å². The van der Waals surface area contributed by atoms with E-state index in [0.717, 1.165) is 23.8 Å². The van der Waals surface area contributed by atoms with Crippen LogP contribution < -0.4 is 10.1 Å². The fourth-order valence-corrected chi connectivity index (χ4v) is 2.56. The Balaban J connectivity index is 2.06. The summed E-state index contributed by atoms with van der Waals surface area (Å²) >= 11 is 0. The second kappa shape index (κ2) is 10.2. The maximum atomic E-state index is 13.0. The van der Waals surface area contributed by atoms with Gasteiger partial charge in [-0.1, -0.05) is 12.1 Å². The van der Waals surface area contributed by atoms with Crippen LogP contribution in [0.1, 0.15) is 11.1 Å². The standard InChI is InChI=1S/C20H22F4N2O3/c1-26(12-14-3-6-16(21)7-4-14)13-19(27)25-17-11-15(20(22,23)24)5-8-18(17)29-10-9-28-2/h3-8,11H,9-10,12-13H2,1-2H3,(H,25,27). The smallest absolute Gasteiger partial charge is 0.416 e. The van der Waals surface area contributed by atoms with E-state index in [2.05, 4.69) is 5.32 Å².